The van der Waals surface area contributed by atoms with Gasteiger partial charge in [-0.15, -0.1) is 22.7 Å². The zero-order valence-electron chi connectivity index (χ0n) is 16.5. The molecular weight excluding hydrogens is 433 g/mol. The Morgan fingerprint density at radius 2 is 2.00 bits per heavy atom. The molecule has 1 fully saturated rings. The molecule has 0 bridgehead atoms. The number of piperazine rings is 1. The van der Waals surface area contributed by atoms with Crippen LogP contribution >= 0.6 is 22.7 Å². The van der Waals surface area contributed by atoms with Gasteiger partial charge in [-0.3, -0.25) is 9.69 Å². The number of thiophene rings is 2. The van der Waals surface area contributed by atoms with E-state index in [0.29, 0.717) is 36.5 Å². The lowest BCUT2D eigenvalue weighted by Crippen LogP contribution is -2.46. The molecule has 4 aromatic rings. The maximum Gasteiger partial charge on any atom is 0.260 e. The molecule has 1 aliphatic heterocycles. The van der Waals surface area contributed by atoms with Crippen LogP contribution in [-0.2, 0) is 6.54 Å². The second kappa shape index (κ2) is 8.23. The van der Waals surface area contributed by atoms with Gasteiger partial charge in [0, 0.05) is 42.0 Å². The number of H-pyrrole nitrogens is 1. The Morgan fingerprint density at radius 3 is 2.74 bits per heavy atom. The second-order valence-electron chi connectivity index (χ2n) is 7.33. The third-order valence-electron chi connectivity index (χ3n) is 5.47. The molecule has 3 aromatic heterocycles. The van der Waals surface area contributed by atoms with Crippen LogP contribution in [0.25, 0.3) is 20.7 Å². The van der Waals surface area contributed by atoms with E-state index >= 15 is 0 Å². The highest BCUT2D eigenvalue weighted by Gasteiger charge is 2.22. The molecule has 0 amide bonds. The average Bonchev–Trinajstić information content (AvgIpc) is 3.44. The Labute approximate surface area is 185 Å². The van der Waals surface area contributed by atoms with Gasteiger partial charge in [-0.2, -0.15) is 5.26 Å². The van der Waals surface area contributed by atoms with E-state index in [-0.39, 0.29) is 11.1 Å². The summed E-state index contributed by atoms with van der Waals surface area (Å²) in [6, 6.07) is 10.7. The average molecular weight is 452 g/mol. The molecule has 4 heterocycles. The summed E-state index contributed by atoms with van der Waals surface area (Å²) in [5.74, 6) is 0.157. The second-order valence-corrected chi connectivity index (χ2v) is 9.13. The molecule has 0 spiro atoms. The Hall–Kier alpha value is -3.06. The van der Waals surface area contributed by atoms with Crippen molar-refractivity contribution in [2.24, 2.45) is 0 Å². The number of aromatic amines is 1. The normalized spacial score (nSPS) is 14.8. The minimum atomic E-state index is -0.490. The number of fused-ring (bicyclic) bond motifs is 1. The monoisotopic (exact) mass is 451 g/mol. The number of hydrogen-bond donors (Lipinski definition) is 1. The minimum absolute atomic E-state index is 0.0895. The van der Waals surface area contributed by atoms with Gasteiger partial charge in [0.05, 0.1) is 17.6 Å². The number of anilines is 1. The van der Waals surface area contributed by atoms with Crippen molar-refractivity contribution >= 4 is 38.6 Å². The summed E-state index contributed by atoms with van der Waals surface area (Å²) in [4.78, 5) is 26.5. The lowest BCUT2D eigenvalue weighted by atomic mass is 10.1. The zero-order chi connectivity index (χ0) is 21.4. The summed E-state index contributed by atoms with van der Waals surface area (Å²) in [5.41, 5.74) is 1.55. The first-order valence-corrected chi connectivity index (χ1v) is 11.6. The van der Waals surface area contributed by atoms with Crippen LogP contribution in [0.4, 0.5) is 10.1 Å². The number of nitriles is 1. The Bertz CT molecular complexity index is 1330. The molecule has 1 saturated heterocycles. The lowest BCUT2D eigenvalue weighted by Gasteiger charge is -2.36. The molecule has 0 atom stereocenters. The Balaban J connectivity index is 1.31. The van der Waals surface area contributed by atoms with Crippen LogP contribution < -0.4 is 10.5 Å². The van der Waals surface area contributed by atoms with E-state index in [1.807, 2.05) is 33.9 Å². The van der Waals surface area contributed by atoms with Crippen LogP contribution in [0.1, 0.15) is 11.4 Å². The van der Waals surface area contributed by atoms with E-state index < -0.39 is 5.82 Å². The van der Waals surface area contributed by atoms with Crippen molar-refractivity contribution in [3.05, 3.63) is 68.7 Å². The van der Waals surface area contributed by atoms with E-state index in [2.05, 4.69) is 9.88 Å². The van der Waals surface area contributed by atoms with Gasteiger partial charge in [-0.1, -0.05) is 12.1 Å². The Morgan fingerprint density at radius 1 is 1.16 bits per heavy atom. The summed E-state index contributed by atoms with van der Waals surface area (Å²) >= 11 is 3.10. The summed E-state index contributed by atoms with van der Waals surface area (Å²) in [6.07, 6.45) is 0. The number of halogens is 1. The standard InChI is InChI=1S/C22H18FN5OS2/c23-16-3-1-4-17(14(16)11-24)28-8-6-27(7-9-28)12-19-25-21(29)20-15(13-31-22(20)26-19)18-5-2-10-30-18/h1-5,10,13H,6-9,12H2,(H,25,26,29). The zero-order valence-corrected chi connectivity index (χ0v) is 18.1. The molecule has 31 heavy (non-hydrogen) atoms. The van der Waals surface area contributed by atoms with Gasteiger partial charge in [0.25, 0.3) is 5.56 Å². The number of aromatic nitrogens is 2. The van der Waals surface area contributed by atoms with Crippen LogP contribution in [0, 0.1) is 17.1 Å². The molecule has 5 rings (SSSR count). The van der Waals surface area contributed by atoms with Crippen LogP contribution in [0.2, 0.25) is 0 Å². The van der Waals surface area contributed by atoms with Crippen molar-refractivity contribution in [1.82, 2.24) is 14.9 Å². The van der Waals surface area contributed by atoms with Gasteiger partial charge in [-0.05, 0) is 23.6 Å². The molecule has 1 aromatic carbocycles. The quantitative estimate of drug-likeness (QED) is 0.507. The molecule has 0 unspecified atom stereocenters. The smallest absolute Gasteiger partial charge is 0.260 e. The van der Waals surface area contributed by atoms with Crippen molar-refractivity contribution in [2.75, 3.05) is 31.1 Å². The number of benzene rings is 1. The van der Waals surface area contributed by atoms with Crippen LogP contribution in [-0.4, -0.2) is 41.0 Å². The first kappa shape index (κ1) is 19.9. The molecule has 1 N–H and O–H groups in total. The molecule has 156 valence electrons. The highest BCUT2D eigenvalue weighted by molar-refractivity contribution is 7.18. The summed E-state index contributed by atoms with van der Waals surface area (Å²) in [6.45, 7) is 3.35. The van der Waals surface area contributed by atoms with Gasteiger partial charge >= 0.3 is 0 Å². The number of hydrogen-bond acceptors (Lipinski definition) is 7. The van der Waals surface area contributed by atoms with Crippen molar-refractivity contribution in [1.29, 1.82) is 5.26 Å². The van der Waals surface area contributed by atoms with E-state index in [1.54, 1.807) is 23.5 Å². The Kier molecular flexibility index (Phi) is 5.28. The van der Waals surface area contributed by atoms with Crippen molar-refractivity contribution in [3.63, 3.8) is 0 Å². The first-order chi connectivity index (χ1) is 15.1. The maximum atomic E-state index is 13.9. The van der Waals surface area contributed by atoms with Crippen LogP contribution in [0.15, 0.2) is 45.9 Å². The fourth-order valence-electron chi connectivity index (χ4n) is 3.93. The third-order valence-corrected chi connectivity index (χ3v) is 7.24. The number of nitrogens with zero attached hydrogens (tertiary/aromatic N) is 4. The van der Waals surface area contributed by atoms with E-state index in [0.717, 1.165) is 28.4 Å². The van der Waals surface area contributed by atoms with E-state index in [9.17, 15) is 14.4 Å². The largest absolute Gasteiger partial charge is 0.368 e. The van der Waals surface area contributed by atoms with E-state index in [4.69, 9.17) is 4.98 Å². The van der Waals surface area contributed by atoms with Gasteiger partial charge in [0.15, 0.2) is 0 Å². The number of rotatable bonds is 4. The van der Waals surface area contributed by atoms with Gasteiger partial charge in [0.2, 0.25) is 0 Å². The van der Waals surface area contributed by atoms with Gasteiger partial charge in [-0.25, -0.2) is 9.37 Å². The predicted molar refractivity (Wildman–Crippen MR) is 122 cm³/mol. The van der Waals surface area contributed by atoms with Crippen LogP contribution in [0.5, 0.6) is 0 Å². The third kappa shape index (κ3) is 3.74. The lowest BCUT2D eigenvalue weighted by molar-refractivity contribution is 0.244. The molecule has 0 radical (unpaired) electrons. The molecular formula is C22H18FN5OS2. The fourth-order valence-corrected chi connectivity index (χ4v) is 5.71. The van der Waals surface area contributed by atoms with Crippen molar-refractivity contribution in [2.45, 2.75) is 6.54 Å². The topological polar surface area (TPSA) is 76.0 Å². The minimum Gasteiger partial charge on any atom is -0.368 e. The molecule has 9 heteroatoms. The van der Waals surface area contributed by atoms with Gasteiger partial charge < -0.3 is 9.88 Å². The molecule has 0 aliphatic carbocycles. The van der Waals surface area contributed by atoms with Gasteiger partial charge in [0.1, 0.15) is 28.1 Å². The van der Waals surface area contributed by atoms with E-state index in [1.165, 1.54) is 17.4 Å². The van der Waals surface area contributed by atoms with Crippen molar-refractivity contribution in [3.8, 4) is 16.5 Å². The maximum absolute atomic E-state index is 13.9. The first-order valence-electron chi connectivity index (χ1n) is 9.84. The predicted octanol–water partition coefficient (Wildman–Crippen LogP) is 4.05. The summed E-state index contributed by atoms with van der Waals surface area (Å²) in [7, 11) is 0. The molecule has 1 aliphatic rings. The SMILES string of the molecule is N#Cc1c(F)cccc1N1CCN(Cc2nc3scc(-c4cccs4)c3c(=O)[nH]2)CC1. The fraction of sp³-hybridized carbons (Fsp3) is 0.227. The van der Waals surface area contributed by atoms with Crippen LogP contribution in [0.3, 0.4) is 0 Å². The molecule has 0 saturated carbocycles. The highest BCUT2D eigenvalue weighted by Crippen LogP contribution is 2.33. The van der Waals surface area contributed by atoms with Crippen molar-refractivity contribution < 1.29 is 4.39 Å². The molecule has 6 nitrogen and oxygen atoms in total. The summed E-state index contributed by atoms with van der Waals surface area (Å²) < 4.78 is 13.9. The highest BCUT2D eigenvalue weighted by atomic mass is 32.1. The number of nitrogens with one attached hydrogen (secondary N) is 1. The summed E-state index contributed by atoms with van der Waals surface area (Å²) in [5, 5.41) is 13.9.